The second-order valence-corrected chi connectivity index (χ2v) is 8.17. The van der Waals surface area contributed by atoms with E-state index in [1.54, 1.807) is 0 Å². The van der Waals surface area contributed by atoms with Gasteiger partial charge in [0.25, 0.3) is 0 Å². The molecule has 3 aliphatic rings. The molecule has 5 heteroatoms. The maximum atomic E-state index is 12.3. The zero-order valence-corrected chi connectivity index (χ0v) is 15.2. The van der Waals surface area contributed by atoms with Crippen LogP contribution in [0.5, 0.6) is 0 Å². The summed E-state index contributed by atoms with van der Waals surface area (Å²) in [6.45, 7) is 2.07. The van der Waals surface area contributed by atoms with Crippen LogP contribution in [0, 0.1) is 17.8 Å². The Hall–Kier alpha value is -2.01. The molecule has 0 bridgehead atoms. The van der Waals surface area contributed by atoms with Crippen molar-refractivity contribution in [3.8, 4) is 0 Å². The highest BCUT2D eigenvalue weighted by atomic mass is 16.5. The highest BCUT2D eigenvalue weighted by Gasteiger charge is 2.47. The summed E-state index contributed by atoms with van der Waals surface area (Å²) in [6, 6.07) is 8.31. The van der Waals surface area contributed by atoms with Crippen molar-refractivity contribution >= 4 is 16.9 Å². The Labute approximate surface area is 153 Å². The number of aromatic nitrogens is 1. The number of fused-ring (bicyclic) bond motifs is 6. The van der Waals surface area contributed by atoms with Gasteiger partial charge in [0.15, 0.2) is 0 Å². The molecule has 1 N–H and O–H groups in total. The molecule has 2 aromatic rings. The summed E-state index contributed by atoms with van der Waals surface area (Å²) in [4.78, 5) is 14.9. The number of methoxy groups -OCH3 is 1. The molecule has 1 saturated heterocycles. The normalized spacial score (nSPS) is 31.1. The van der Waals surface area contributed by atoms with Crippen LogP contribution >= 0.6 is 0 Å². The standard InChI is InChI=1S/C21H26N2O3/c1-26-21(24)16-7-4-5-13-12-22-10-9-15-14-6-2-3-8-18(14)23(25)20(15)19(22)11-17(13)16/h2-3,6,8,13,16-17,19,25H,4-5,7,9-12H2,1H3/t13-,16-,17-,19-/m0/s1. The molecule has 5 nitrogen and oxygen atoms in total. The maximum absolute atomic E-state index is 12.3. The van der Waals surface area contributed by atoms with Gasteiger partial charge in [-0.25, -0.2) is 0 Å². The molecule has 4 atom stereocenters. The van der Waals surface area contributed by atoms with Gasteiger partial charge in [-0.1, -0.05) is 24.6 Å². The van der Waals surface area contributed by atoms with E-state index in [2.05, 4.69) is 11.0 Å². The van der Waals surface area contributed by atoms with Crippen LogP contribution in [0.25, 0.3) is 10.9 Å². The highest BCUT2D eigenvalue weighted by molar-refractivity contribution is 5.85. The quantitative estimate of drug-likeness (QED) is 0.630. The van der Waals surface area contributed by atoms with E-state index in [0.717, 1.165) is 50.0 Å². The van der Waals surface area contributed by atoms with Crippen LogP contribution in [-0.4, -0.2) is 41.0 Å². The van der Waals surface area contributed by atoms with Gasteiger partial charge in [-0.15, -0.1) is 0 Å². The zero-order valence-electron chi connectivity index (χ0n) is 15.2. The van der Waals surface area contributed by atoms with Crippen LogP contribution < -0.4 is 0 Å². The molecule has 5 rings (SSSR count). The average molecular weight is 354 g/mol. The van der Waals surface area contributed by atoms with Gasteiger partial charge in [-0.05, 0) is 49.1 Å². The van der Waals surface area contributed by atoms with Crippen molar-refractivity contribution in [2.24, 2.45) is 17.8 Å². The average Bonchev–Trinajstić information content (AvgIpc) is 2.98. The fraction of sp³-hybridized carbons (Fsp3) is 0.571. The van der Waals surface area contributed by atoms with Gasteiger partial charge in [0.1, 0.15) is 0 Å². The summed E-state index contributed by atoms with van der Waals surface area (Å²) < 4.78 is 6.52. The third-order valence-electron chi connectivity index (χ3n) is 7.08. The van der Waals surface area contributed by atoms with Crippen LogP contribution in [0.1, 0.15) is 43.0 Å². The molecule has 0 spiro atoms. The lowest BCUT2D eigenvalue weighted by atomic mass is 9.66. The molecule has 26 heavy (non-hydrogen) atoms. The van der Waals surface area contributed by atoms with Crippen molar-refractivity contribution in [3.05, 3.63) is 35.5 Å². The smallest absolute Gasteiger partial charge is 0.308 e. The first-order valence-corrected chi connectivity index (χ1v) is 9.82. The van der Waals surface area contributed by atoms with Gasteiger partial charge in [0, 0.05) is 18.5 Å². The Bertz CT molecular complexity index is 858. The number of rotatable bonds is 1. The molecule has 0 amide bonds. The van der Waals surface area contributed by atoms with Gasteiger partial charge >= 0.3 is 5.97 Å². The van der Waals surface area contributed by atoms with Gasteiger partial charge in [0.05, 0.1) is 30.3 Å². The van der Waals surface area contributed by atoms with E-state index in [9.17, 15) is 10.0 Å². The van der Waals surface area contributed by atoms with Crippen molar-refractivity contribution in [3.63, 3.8) is 0 Å². The predicted molar refractivity (Wildman–Crippen MR) is 98.1 cm³/mol. The second-order valence-electron chi connectivity index (χ2n) is 8.17. The van der Waals surface area contributed by atoms with Gasteiger partial charge in [-0.2, -0.15) is 4.73 Å². The molecule has 1 aromatic heterocycles. The third-order valence-corrected chi connectivity index (χ3v) is 7.08. The number of piperidine rings is 1. The molecular formula is C21H26N2O3. The van der Waals surface area contributed by atoms with Gasteiger partial charge in [0.2, 0.25) is 0 Å². The molecule has 1 aromatic carbocycles. The number of ether oxygens (including phenoxy) is 1. The molecule has 1 saturated carbocycles. The number of carbonyl (C=O) groups is 1. The minimum Gasteiger partial charge on any atom is -0.469 e. The molecule has 138 valence electrons. The number of benzene rings is 1. The van der Waals surface area contributed by atoms with Crippen LogP contribution in [0.3, 0.4) is 0 Å². The van der Waals surface area contributed by atoms with Crippen molar-refractivity contribution in [1.29, 1.82) is 0 Å². The summed E-state index contributed by atoms with van der Waals surface area (Å²) in [5.74, 6) is 0.903. The van der Waals surface area contributed by atoms with E-state index in [1.807, 2.05) is 18.2 Å². The van der Waals surface area contributed by atoms with E-state index in [0.29, 0.717) is 11.8 Å². The molecule has 3 heterocycles. The minimum absolute atomic E-state index is 0.0165. The number of hydrogen-bond acceptors (Lipinski definition) is 4. The Balaban J connectivity index is 1.55. The number of hydrogen-bond donors (Lipinski definition) is 1. The Morgan fingerprint density at radius 2 is 2.12 bits per heavy atom. The minimum atomic E-state index is -0.0475. The first-order valence-electron chi connectivity index (χ1n) is 9.82. The summed E-state index contributed by atoms with van der Waals surface area (Å²) >= 11 is 0. The van der Waals surface area contributed by atoms with Gasteiger partial charge in [-0.3, -0.25) is 9.69 Å². The number of esters is 1. The van der Waals surface area contributed by atoms with E-state index in [-0.39, 0.29) is 17.9 Å². The molecule has 2 aliphatic heterocycles. The van der Waals surface area contributed by atoms with Crippen molar-refractivity contribution < 1.29 is 14.7 Å². The molecule has 1 aliphatic carbocycles. The molecule has 0 unspecified atom stereocenters. The number of para-hydroxylation sites is 1. The topological polar surface area (TPSA) is 54.7 Å². The fourth-order valence-electron chi connectivity index (χ4n) is 5.92. The van der Waals surface area contributed by atoms with E-state index >= 15 is 0 Å². The van der Waals surface area contributed by atoms with Crippen LogP contribution in [0.15, 0.2) is 24.3 Å². The summed E-state index contributed by atoms with van der Waals surface area (Å²) in [5, 5.41) is 12.1. The van der Waals surface area contributed by atoms with E-state index in [4.69, 9.17) is 4.74 Å². The maximum Gasteiger partial charge on any atom is 0.308 e. The fourth-order valence-corrected chi connectivity index (χ4v) is 5.92. The van der Waals surface area contributed by atoms with Crippen LogP contribution in [-0.2, 0) is 16.0 Å². The summed E-state index contributed by atoms with van der Waals surface area (Å²) in [7, 11) is 1.51. The summed E-state index contributed by atoms with van der Waals surface area (Å²) in [6.07, 6.45) is 5.18. The van der Waals surface area contributed by atoms with Crippen molar-refractivity contribution in [2.45, 2.75) is 38.1 Å². The first kappa shape index (κ1) is 16.2. The van der Waals surface area contributed by atoms with E-state index in [1.165, 1.54) is 29.2 Å². The molecule has 2 fully saturated rings. The first-order chi connectivity index (χ1) is 12.7. The van der Waals surface area contributed by atoms with E-state index < -0.39 is 0 Å². The lowest BCUT2D eigenvalue weighted by molar-refractivity contribution is -0.152. The largest absolute Gasteiger partial charge is 0.469 e. The van der Waals surface area contributed by atoms with Crippen molar-refractivity contribution in [1.82, 2.24) is 9.63 Å². The summed E-state index contributed by atoms with van der Waals surface area (Å²) in [5.41, 5.74) is 3.23. The third kappa shape index (κ3) is 2.22. The number of carbonyl (C=O) groups excluding carboxylic acids is 1. The zero-order chi connectivity index (χ0) is 17.8. The monoisotopic (exact) mass is 354 g/mol. The lowest BCUT2D eigenvalue weighted by Gasteiger charge is -2.50. The lowest BCUT2D eigenvalue weighted by Crippen LogP contribution is -2.50. The molecule has 0 radical (unpaired) electrons. The Morgan fingerprint density at radius 1 is 1.27 bits per heavy atom. The SMILES string of the molecule is COC(=O)[C@H]1CCC[C@H]2CN3CCc4c(n(O)c5ccccc45)[C@@H]3C[C@@H]21. The Morgan fingerprint density at radius 3 is 2.96 bits per heavy atom. The predicted octanol–water partition coefficient (Wildman–Crippen LogP) is 3.39. The second kappa shape index (κ2) is 6.02. The Kier molecular flexibility index (Phi) is 3.74. The van der Waals surface area contributed by atoms with Crippen LogP contribution in [0.4, 0.5) is 0 Å². The molecular weight excluding hydrogens is 328 g/mol. The van der Waals surface area contributed by atoms with Crippen molar-refractivity contribution in [2.75, 3.05) is 20.2 Å². The number of nitrogens with zero attached hydrogens (tertiary/aromatic N) is 2. The highest BCUT2D eigenvalue weighted by Crippen LogP contribution is 2.49. The van der Waals surface area contributed by atoms with Gasteiger partial charge < -0.3 is 9.94 Å². The van der Waals surface area contributed by atoms with Crippen LogP contribution in [0.2, 0.25) is 0 Å².